The fourth-order valence-electron chi connectivity index (χ4n) is 4.92. The monoisotopic (exact) mass is 386 g/mol. The van der Waals surface area contributed by atoms with Gasteiger partial charge < -0.3 is 20.4 Å². The van der Waals surface area contributed by atoms with E-state index in [1.54, 1.807) is 0 Å². The molecule has 0 aliphatic carbocycles. The minimum Gasteiger partial charge on any atom is -0.394 e. The molecule has 0 radical (unpaired) electrons. The molecule has 28 heavy (non-hydrogen) atoms. The molecule has 5 unspecified atom stereocenters. The molecule has 6 heteroatoms. The Morgan fingerprint density at radius 2 is 1.68 bits per heavy atom. The van der Waals surface area contributed by atoms with E-state index in [1.165, 1.54) is 5.56 Å². The standard InChI is InChI=1S/C22H26FNO4/c1-22-15-8-4-2-6-13(15)10-18(14-7-3-5-9-16(14)22)24(22)11-17(23)20(27)21(28)19(26)12-25/h2-9,17-21,25-28H,10-12H2,1H3/t17-,18?,19?,20?,21?,22?/m1/s1/i23-1. The van der Waals surface area contributed by atoms with Gasteiger partial charge in [-0.1, -0.05) is 48.5 Å². The minimum atomic E-state index is -1.79. The van der Waals surface area contributed by atoms with Crippen LogP contribution in [0.4, 0.5) is 4.39 Å². The topological polar surface area (TPSA) is 84.2 Å². The lowest BCUT2D eigenvalue weighted by Gasteiger charge is -2.45. The number of rotatable bonds is 6. The van der Waals surface area contributed by atoms with Crippen LogP contribution in [0.5, 0.6) is 0 Å². The van der Waals surface area contributed by atoms with Gasteiger partial charge in [0.2, 0.25) is 0 Å². The van der Waals surface area contributed by atoms with Gasteiger partial charge in [-0.2, -0.15) is 0 Å². The normalized spacial score (nSPS) is 27.6. The molecule has 2 aromatic rings. The minimum absolute atomic E-state index is 0.0264. The molecule has 0 saturated carbocycles. The van der Waals surface area contributed by atoms with Crippen LogP contribution in [-0.2, 0) is 12.0 Å². The first-order valence-electron chi connectivity index (χ1n) is 9.63. The quantitative estimate of drug-likeness (QED) is 0.601. The van der Waals surface area contributed by atoms with E-state index in [1.807, 2.05) is 29.2 Å². The summed E-state index contributed by atoms with van der Waals surface area (Å²) in [6, 6.07) is 16.2. The van der Waals surface area contributed by atoms with Gasteiger partial charge in [0.05, 0.1) is 12.1 Å². The number of hydrogen-bond donors (Lipinski definition) is 4. The fraction of sp³-hybridized carbons (Fsp3) is 0.455. The highest BCUT2D eigenvalue weighted by Gasteiger charge is 2.53. The van der Waals surface area contributed by atoms with Gasteiger partial charge in [0, 0.05) is 12.6 Å². The van der Waals surface area contributed by atoms with Crippen molar-refractivity contribution >= 4 is 0 Å². The maximum absolute atomic E-state index is 15.0. The Labute approximate surface area is 163 Å². The molecule has 6 atom stereocenters. The van der Waals surface area contributed by atoms with Crippen LogP contribution < -0.4 is 0 Å². The number of hydrogen-bond acceptors (Lipinski definition) is 5. The third-order valence-electron chi connectivity index (χ3n) is 6.42. The molecule has 2 aliphatic rings. The second-order valence-corrected chi connectivity index (χ2v) is 7.94. The number of alkyl halides is 1. The molecule has 4 rings (SSSR count). The van der Waals surface area contributed by atoms with E-state index in [0.29, 0.717) is 0 Å². The van der Waals surface area contributed by atoms with Crippen molar-refractivity contribution in [1.82, 2.24) is 4.90 Å². The van der Waals surface area contributed by atoms with E-state index in [2.05, 4.69) is 31.2 Å². The molecule has 0 saturated heterocycles. The largest absolute Gasteiger partial charge is 0.394 e. The van der Waals surface area contributed by atoms with Crippen LogP contribution >= 0.6 is 0 Å². The summed E-state index contributed by atoms with van der Waals surface area (Å²) in [4.78, 5) is 2.05. The molecule has 150 valence electrons. The summed E-state index contributed by atoms with van der Waals surface area (Å²) in [6.45, 7) is 1.23. The third kappa shape index (κ3) is 2.79. The molecule has 2 aliphatic heterocycles. The van der Waals surface area contributed by atoms with Gasteiger partial charge in [-0.25, -0.2) is 4.39 Å². The Hall–Kier alpha value is -1.83. The molecule has 2 heterocycles. The Kier molecular flexibility index (Phi) is 5.02. The van der Waals surface area contributed by atoms with Crippen molar-refractivity contribution in [1.29, 1.82) is 0 Å². The lowest BCUT2D eigenvalue weighted by molar-refractivity contribution is -0.107. The van der Waals surface area contributed by atoms with E-state index in [-0.39, 0.29) is 12.6 Å². The number of fused-ring (bicyclic) bond motifs is 7. The average molecular weight is 386 g/mol. The highest BCUT2D eigenvalue weighted by atomic mass is 18.2. The van der Waals surface area contributed by atoms with Crippen LogP contribution in [0.1, 0.15) is 35.2 Å². The van der Waals surface area contributed by atoms with Crippen molar-refractivity contribution in [2.24, 2.45) is 0 Å². The van der Waals surface area contributed by atoms with Gasteiger partial charge >= 0.3 is 0 Å². The second-order valence-electron chi connectivity index (χ2n) is 7.94. The van der Waals surface area contributed by atoms with E-state index < -0.39 is 36.6 Å². The Balaban J connectivity index is 1.69. The van der Waals surface area contributed by atoms with Crippen LogP contribution in [0.15, 0.2) is 48.5 Å². The summed E-state index contributed by atoms with van der Waals surface area (Å²) in [7, 11) is 0. The highest BCUT2D eigenvalue weighted by Crippen LogP contribution is 2.55. The predicted molar refractivity (Wildman–Crippen MR) is 102 cm³/mol. The van der Waals surface area contributed by atoms with Crippen molar-refractivity contribution in [2.45, 2.75) is 49.4 Å². The summed E-state index contributed by atoms with van der Waals surface area (Å²) >= 11 is 0. The van der Waals surface area contributed by atoms with Crippen LogP contribution in [0.3, 0.4) is 0 Å². The van der Waals surface area contributed by atoms with Crippen molar-refractivity contribution < 1.29 is 24.8 Å². The van der Waals surface area contributed by atoms with E-state index >= 15 is 4.39 Å². The van der Waals surface area contributed by atoms with Crippen molar-refractivity contribution in [3.05, 3.63) is 70.8 Å². The molecule has 0 amide bonds. The van der Waals surface area contributed by atoms with Gasteiger partial charge in [0.25, 0.3) is 0 Å². The smallest absolute Gasteiger partial charge is 0.141 e. The molecule has 0 fully saturated rings. The lowest BCUT2D eigenvalue weighted by Crippen LogP contribution is -2.52. The lowest BCUT2D eigenvalue weighted by atomic mass is 9.80. The average Bonchev–Trinajstić information content (AvgIpc) is 2.88. The molecular weight excluding hydrogens is 360 g/mol. The SMILES string of the molecule is CC12c3ccccc3CC(c3ccccc31)N2C[C@@H]([18F])C(O)C(O)C(O)CO. The first-order valence-corrected chi connectivity index (χ1v) is 9.63. The van der Waals surface area contributed by atoms with Crippen LogP contribution in [0.25, 0.3) is 0 Å². The maximum atomic E-state index is 15.0. The van der Waals surface area contributed by atoms with Crippen LogP contribution in [0, 0.1) is 0 Å². The first kappa shape index (κ1) is 19.5. The molecule has 4 N–H and O–H groups in total. The van der Waals surface area contributed by atoms with E-state index in [0.717, 1.165) is 23.1 Å². The fourth-order valence-corrected chi connectivity index (χ4v) is 4.92. The molecule has 0 spiro atoms. The zero-order valence-corrected chi connectivity index (χ0v) is 15.7. The number of nitrogens with zero attached hydrogens (tertiary/aromatic N) is 1. The summed E-state index contributed by atoms with van der Waals surface area (Å²) < 4.78 is 15.0. The zero-order valence-electron chi connectivity index (χ0n) is 15.7. The molecular formula is C22H26FNO4. The number of aliphatic hydroxyl groups excluding tert-OH is 4. The number of aliphatic hydroxyl groups is 4. The van der Waals surface area contributed by atoms with Gasteiger partial charge in [-0.15, -0.1) is 0 Å². The Morgan fingerprint density at radius 1 is 1.04 bits per heavy atom. The van der Waals surface area contributed by atoms with Crippen LogP contribution in [0.2, 0.25) is 0 Å². The summed E-state index contributed by atoms with van der Waals surface area (Å²) in [5.74, 6) is 0. The van der Waals surface area contributed by atoms with Gasteiger partial charge in [0.15, 0.2) is 0 Å². The molecule has 0 aromatic heterocycles. The third-order valence-corrected chi connectivity index (χ3v) is 6.42. The molecule has 5 nitrogen and oxygen atoms in total. The van der Waals surface area contributed by atoms with Crippen molar-refractivity contribution in [3.8, 4) is 0 Å². The summed E-state index contributed by atoms with van der Waals surface area (Å²) in [5.41, 5.74) is 4.09. The Morgan fingerprint density at radius 3 is 2.39 bits per heavy atom. The van der Waals surface area contributed by atoms with Crippen molar-refractivity contribution in [3.63, 3.8) is 0 Å². The summed E-state index contributed by atoms with van der Waals surface area (Å²) in [5, 5.41) is 38.6. The first-order chi connectivity index (χ1) is 13.4. The number of benzene rings is 2. The van der Waals surface area contributed by atoms with E-state index in [4.69, 9.17) is 5.11 Å². The Bertz CT molecular complexity index is 849. The second kappa shape index (κ2) is 7.21. The maximum Gasteiger partial charge on any atom is 0.141 e. The predicted octanol–water partition coefficient (Wildman–Crippen LogP) is 1.28. The zero-order chi connectivity index (χ0) is 20.1. The molecule has 2 bridgehead atoms. The highest BCUT2D eigenvalue weighted by molar-refractivity contribution is 5.54. The van der Waals surface area contributed by atoms with Gasteiger partial charge in [-0.3, -0.25) is 4.90 Å². The summed E-state index contributed by atoms with van der Waals surface area (Å²) in [6.07, 6.45) is -6.15. The number of halogens is 1. The van der Waals surface area contributed by atoms with E-state index in [9.17, 15) is 15.3 Å². The molecule has 2 aromatic carbocycles. The van der Waals surface area contributed by atoms with Gasteiger partial charge in [0.1, 0.15) is 24.5 Å². The van der Waals surface area contributed by atoms with Crippen molar-refractivity contribution in [2.75, 3.05) is 13.2 Å². The van der Waals surface area contributed by atoms with Crippen LogP contribution in [-0.4, -0.2) is 63.0 Å². The van der Waals surface area contributed by atoms with Gasteiger partial charge in [-0.05, 0) is 35.6 Å².